The molecule has 0 fully saturated rings. The highest BCUT2D eigenvalue weighted by Crippen LogP contribution is 2.24. The lowest BCUT2D eigenvalue weighted by Gasteiger charge is -2.19. The van der Waals surface area contributed by atoms with Crippen LogP contribution in [0.4, 0.5) is 5.69 Å². The highest BCUT2D eigenvalue weighted by Gasteiger charge is 2.24. The summed E-state index contributed by atoms with van der Waals surface area (Å²) in [5.41, 5.74) is 8.53. The predicted molar refractivity (Wildman–Crippen MR) is 81.8 cm³/mol. The summed E-state index contributed by atoms with van der Waals surface area (Å²) in [6.07, 6.45) is 0.700. The number of nitrogens with zero attached hydrogens (tertiary/aromatic N) is 1. The fraction of sp³-hybridized carbons (Fsp3) is 0.375. The fourth-order valence-electron chi connectivity index (χ4n) is 2.18. The van der Waals surface area contributed by atoms with E-state index in [-0.39, 0.29) is 17.9 Å². The van der Waals surface area contributed by atoms with E-state index in [1.807, 2.05) is 44.2 Å². The van der Waals surface area contributed by atoms with Gasteiger partial charge in [-0.05, 0) is 18.9 Å². The smallest absolute Gasteiger partial charge is 0.229 e. The second-order valence-electron chi connectivity index (χ2n) is 5.13. The number of anilines is 1. The van der Waals surface area contributed by atoms with Gasteiger partial charge in [0.05, 0.1) is 5.92 Å². The molecule has 3 N–H and O–H groups in total. The van der Waals surface area contributed by atoms with E-state index < -0.39 is 0 Å². The lowest BCUT2D eigenvalue weighted by atomic mass is 9.94. The lowest BCUT2D eigenvalue weighted by molar-refractivity contribution is -0.120. The first-order chi connectivity index (χ1) is 10.0. The van der Waals surface area contributed by atoms with Crippen LogP contribution in [0.25, 0.3) is 0 Å². The molecule has 2 rings (SSSR count). The van der Waals surface area contributed by atoms with E-state index in [0.717, 1.165) is 11.3 Å². The van der Waals surface area contributed by atoms with Crippen LogP contribution >= 0.6 is 0 Å². The minimum atomic E-state index is -0.355. The minimum Gasteiger partial charge on any atom is -0.359 e. The zero-order valence-corrected chi connectivity index (χ0v) is 12.6. The summed E-state index contributed by atoms with van der Waals surface area (Å²) in [6, 6.07) is 9.26. The van der Waals surface area contributed by atoms with Crippen molar-refractivity contribution < 1.29 is 9.32 Å². The number of carbonyl (C=O) groups is 1. The first kappa shape index (κ1) is 15.3. The summed E-state index contributed by atoms with van der Waals surface area (Å²) < 4.78 is 5.12. The van der Waals surface area contributed by atoms with Crippen LogP contribution in [0.15, 0.2) is 34.9 Å². The van der Waals surface area contributed by atoms with Crippen LogP contribution in [-0.2, 0) is 11.2 Å². The average molecular weight is 287 g/mol. The molecule has 0 saturated carbocycles. The van der Waals surface area contributed by atoms with Gasteiger partial charge in [0.2, 0.25) is 5.91 Å². The summed E-state index contributed by atoms with van der Waals surface area (Å²) >= 11 is 0. The van der Waals surface area contributed by atoms with Crippen LogP contribution in [0.3, 0.4) is 0 Å². The summed E-state index contributed by atoms with van der Waals surface area (Å²) in [5.74, 6) is 0.124. The van der Waals surface area contributed by atoms with Gasteiger partial charge in [-0.15, -0.1) is 0 Å². The Bertz CT molecular complexity index is 607. The van der Waals surface area contributed by atoms with E-state index in [4.69, 9.17) is 10.3 Å². The molecule has 5 nitrogen and oxygen atoms in total. The topological polar surface area (TPSA) is 81.2 Å². The molecule has 2 atom stereocenters. The molecule has 0 aliphatic rings. The Morgan fingerprint density at radius 1 is 1.38 bits per heavy atom. The number of hydrogen-bond acceptors (Lipinski definition) is 4. The van der Waals surface area contributed by atoms with E-state index in [1.54, 1.807) is 6.92 Å². The second kappa shape index (κ2) is 6.54. The van der Waals surface area contributed by atoms with E-state index in [1.165, 1.54) is 0 Å². The molecule has 1 heterocycles. The van der Waals surface area contributed by atoms with Crippen LogP contribution in [0.2, 0.25) is 0 Å². The van der Waals surface area contributed by atoms with Crippen molar-refractivity contribution in [2.75, 3.05) is 5.32 Å². The zero-order chi connectivity index (χ0) is 15.4. The molecule has 0 bridgehead atoms. The van der Waals surface area contributed by atoms with Crippen molar-refractivity contribution in [1.82, 2.24) is 5.16 Å². The van der Waals surface area contributed by atoms with Crippen molar-refractivity contribution in [3.63, 3.8) is 0 Å². The van der Waals surface area contributed by atoms with Gasteiger partial charge in [0.15, 0.2) is 5.76 Å². The molecular formula is C16H21N3O2. The van der Waals surface area contributed by atoms with Crippen molar-refractivity contribution in [3.05, 3.63) is 47.3 Å². The maximum Gasteiger partial charge on any atom is 0.229 e. The normalized spacial score (nSPS) is 13.7. The van der Waals surface area contributed by atoms with Crippen molar-refractivity contribution in [2.45, 2.75) is 33.2 Å². The monoisotopic (exact) mass is 287 g/mol. The molecule has 2 unspecified atom stereocenters. The maximum absolute atomic E-state index is 12.4. The van der Waals surface area contributed by atoms with Crippen LogP contribution < -0.4 is 11.1 Å². The number of aromatic nitrogens is 1. The van der Waals surface area contributed by atoms with Gasteiger partial charge in [0.25, 0.3) is 0 Å². The number of nitrogens with one attached hydrogen (secondary N) is 1. The minimum absolute atomic E-state index is 0.132. The van der Waals surface area contributed by atoms with Gasteiger partial charge in [-0.3, -0.25) is 4.79 Å². The molecule has 1 amide bonds. The van der Waals surface area contributed by atoms with Crippen LogP contribution in [-0.4, -0.2) is 11.1 Å². The van der Waals surface area contributed by atoms with Gasteiger partial charge >= 0.3 is 0 Å². The van der Waals surface area contributed by atoms with Crippen molar-refractivity contribution >= 4 is 11.6 Å². The highest BCUT2D eigenvalue weighted by molar-refractivity contribution is 5.93. The van der Waals surface area contributed by atoms with Gasteiger partial charge in [0.1, 0.15) is 11.4 Å². The number of benzene rings is 1. The van der Waals surface area contributed by atoms with Gasteiger partial charge in [-0.1, -0.05) is 49.3 Å². The van der Waals surface area contributed by atoms with Crippen LogP contribution in [0, 0.1) is 12.8 Å². The Hall–Kier alpha value is -2.14. The molecule has 112 valence electrons. The number of rotatable bonds is 5. The van der Waals surface area contributed by atoms with Gasteiger partial charge in [-0.25, -0.2) is 0 Å². The Kier molecular flexibility index (Phi) is 4.75. The van der Waals surface area contributed by atoms with Gasteiger partial charge in [-0.2, -0.15) is 0 Å². The van der Waals surface area contributed by atoms with E-state index in [0.29, 0.717) is 17.9 Å². The third-order valence-electron chi connectivity index (χ3n) is 3.65. The number of nitrogens with two attached hydrogens (primary N) is 1. The maximum atomic E-state index is 12.4. The number of hydrogen-bond donors (Lipinski definition) is 2. The molecule has 0 aliphatic carbocycles. The van der Waals surface area contributed by atoms with Crippen molar-refractivity contribution in [1.29, 1.82) is 0 Å². The molecule has 0 saturated heterocycles. The molecule has 0 spiro atoms. The number of carbonyl (C=O) groups excluding carboxylic acids is 1. The van der Waals surface area contributed by atoms with Crippen molar-refractivity contribution in [2.24, 2.45) is 11.7 Å². The summed E-state index contributed by atoms with van der Waals surface area (Å²) in [5, 5.41) is 6.81. The first-order valence-corrected chi connectivity index (χ1v) is 7.11. The standard InChI is InChI=1S/C16H21N3O2/c1-4-13-15(11(3)21-19-13)18-16(20)10(2)14(17)12-8-6-5-7-9-12/h5-10,14H,4,17H2,1-3H3,(H,18,20). The largest absolute Gasteiger partial charge is 0.359 e. The van der Waals surface area contributed by atoms with Gasteiger partial charge < -0.3 is 15.6 Å². The Balaban J connectivity index is 2.11. The molecule has 0 radical (unpaired) electrons. The highest BCUT2D eigenvalue weighted by atomic mass is 16.5. The molecule has 1 aromatic heterocycles. The average Bonchev–Trinajstić information content (AvgIpc) is 2.87. The Labute approximate surface area is 124 Å². The molecular weight excluding hydrogens is 266 g/mol. The van der Waals surface area contributed by atoms with Crippen molar-refractivity contribution in [3.8, 4) is 0 Å². The quantitative estimate of drug-likeness (QED) is 0.886. The SMILES string of the molecule is CCc1noc(C)c1NC(=O)C(C)C(N)c1ccccc1. The second-order valence-corrected chi connectivity index (χ2v) is 5.13. The van der Waals surface area contributed by atoms with E-state index in [9.17, 15) is 4.79 Å². The predicted octanol–water partition coefficient (Wildman–Crippen LogP) is 2.82. The van der Waals surface area contributed by atoms with Gasteiger partial charge in [0, 0.05) is 6.04 Å². The summed E-state index contributed by atoms with van der Waals surface area (Å²) in [6.45, 7) is 5.57. The third-order valence-corrected chi connectivity index (χ3v) is 3.65. The molecule has 1 aromatic carbocycles. The molecule has 0 aliphatic heterocycles. The molecule has 2 aromatic rings. The lowest BCUT2D eigenvalue weighted by Crippen LogP contribution is -2.30. The third kappa shape index (κ3) is 3.31. The van der Waals surface area contributed by atoms with E-state index in [2.05, 4.69) is 10.5 Å². The van der Waals surface area contributed by atoms with Crippen LogP contribution in [0.1, 0.15) is 36.9 Å². The molecule has 5 heteroatoms. The summed E-state index contributed by atoms with van der Waals surface area (Å²) in [7, 11) is 0. The Morgan fingerprint density at radius 3 is 2.67 bits per heavy atom. The van der Waals surface area contributed by atoms with E-state index >= 15 is 0 Å². The fourth-order valence-corrected chi connectivity index (χ4v) is 2.18. The van der Waals surface area contributed by atoms with Crippen LogP contribution in [0.5, 0.6) is 0 Å². The summed E-state index contributed by atoms with van der Waals surface area (Å²) in [4.78, 5) is 12.4. The zero-order valence-electron chi connectivity index (χ0n) is 12.6. The number of aryl methyl sites for hydroxylation is 2. The Morgan fingerprint density at radius 2 is 2.05 bits per heavy atom. The molecule has 21 heavy (non-hydrogen) atoms. The number of amides is 1. The first-order valence-electron chi connectivity index (χ1n) is 7.11.